The number of pyridine rings is 1. The van der Waals surface area contributed by atoms with Crippen molar-refractivity contribution in [2.24, 2.45) is 0 Å². The van der Waals surface area contributed by atoms with Crippen molar-refractivity contribution in [1.82, 2.24) is 4.98 Å². The Labute approximate surface area is 79.7 Å². The van der Waals surface area contributed by atoms with Crippen LogP contribution in [0, 0.1) is 10.1 Å². The molecule has 6 nitrogen and oxygen atoms in total. The molecule has 0 fully saturated rings. The van der Waals surface area contributed by atoms with Gasteiger partial charge in [0.2, 0.25) is 0 Å². The summed E-state index contributed by atoms with van der Waals surface area (Å²) in [6.45, 7) is 0.583. The molecule has 1 heterocycles. The van der Waals surface area contributed by atoms with Crippen LogP contribution in [0.4, 0.5) is 5.69 Å². The van der Waals surface area contributed by atoms with Gasteiger partial charge in [-0.3, -0.25) is 19.9 Å². The van der Waals surface area contributed by atoms with Gasteiger partial charge in [0.1, 0.15) is 6.20 Å². The summed E-state index contributed by atoms with van der Waals surface area (Å²) in [6, 6.07) is 2.90. The maximum absolute atomic E-state index is 10.3. The fraction of sp³-hybridized carbons (Fsp3) is 0.250. The minimum Gasteiger partial charge on any atom is -0.467 e. The molecule has 0 N–H and O–H groups in total. The van der Waals surface area contributed by atoms with Gasteiger partial charge in [-0.05, 0) is 6.07 Å². The van der Waals surface area contributed by atoms with Crippen LogP contribution in [0.1, 0.15) is 5.69 Å². The first-order valence-electron chi connectivity index (χ1n) is 3.88. The first-order valence-corrected chi connectivity index (χ1v) is 3.88. The summed E-state index contributed by atoms with van der Waals surface area (Å²) in [5.74, 6) is 0. The predicted octanol–water partition coefficient (Wildman–Crippen LogP) is 0.705. The van der Waals surface area contributed by atoms with E-state index in [4.69, 9.17) is 0 Å². The summed E-state index contributed by atoms with van der Waals surface area (Å²) in [7, 11) is 0. The Bertz CT molecular complexity index is 323. The standard InChI is InChI=1S/C8H8N2O4/c11-6-14-4-3-7-1-2-8(5-9-7)10(12)13/h1-2,5-6H,3-4H2. The molecule has 0 aromatic carbocycles. The Morgan fingerprint density at radius 1 is 1.57 bits per heavy atom. The average molecular weight is 196 g/mol. The number of nitrogens with zero attached hydrogens (tertiary/aromatic N) is 2. The number of ether oxygens (including phenoxy) is 1. The Morgan fingerprint density at radius 3 is 2.86 bits per heavy atom. The number of aromatic nitrogens is 1. The SMILES string of the molecule is O=COCCc1ccc([N+](=O)[O-])cn1. The molecule has 0 aliphatic carbocycles. The second-order valence-corrected chi connectivity index (χ2v) is 2.48. The molecule has 0 spiro atoms. The van der Waals surface area contributed by atoms with Crippen LogP contribution in [0.25, 0.3) is 0 Å². The zero-order valence-electron chi connectivity index (χ0n) is 7.25. The molecule has 0 saturated heterocycles. The minimum atomic E-state index is -0.515. The van der Waals surface area contributed by atoms with Gasteiger partial charge in [0, 0.05) is 18.2 Å². The third-order valence-electron chi connectivity index (χ3n) is 1.56. The Balaban J connectivity index is 2.55. The number of carbonyl (C=O) groups is 1. The summed E-state index contributed by atoms with van der Waals surface area (Å²) < 4.78 is 4.46. The highest BCUT2D eigenvalue weighted by molar-refractivity contribution is 5.37. The van der Waals surface area contributed by atoms with Crippen molar-refractivity contribution in [3.8, 4) is 0 Å². The summed E-state index contributed by atoms with van der Waals surface area (Å²) in [6.07, 6.45) is 1.63. The van der Waals surface area contributed by atoms with E-state index in [1.165, 1.54) is 18.3 Å². The number of rotatable bonds is 5. The van der Waals surface area contributed by atoms with Crippen LogP contribution in [-0.4, -0.2) is 23.0 Å². The molecule has 0 aliphatic heterocycles. The van der Waals surface area contributed by atoms with Crippen molar-refractivity contribution < 1.29 is 14.5 Å². The molecule has 74 valence electrons. The van der Waals surface area contributed by atoms with E-state index < -0.39 is 4.92 Å². The van der Waals surface area contributed by atoms with E-state index in [9.17, 15) is 14.9 Å². The molecular formula is C8H8N2O4. The molecule has 6 heteroatoms. The lowest BCUT2D eigenvalue weighted by atomic mass is 10.3. The van der Waals surface area contributed by atoms with Crippen molar-refractivity contribution in [3.05, 3.63) is 34.1 Å². The summed E-state index contributed by atoms with van der Waals surface area (Å²) in [5, 5.41) is 10.3. The van der Waals surface area contributed by atoms with Crippen LogP contribution in [0.2, 0.25) is 0 Å². The molecule has 1 aromatic rings. The van der Waals surface area contributed by atoms with E-state index in [-0.39, 0.29) is 12.3 Å². The molecule has 0 unspecified atom stereocenters. The van der Waals surface area contributed by atoms with Crippen molar-refractivity contribution in [2.45, 2.75) is 6.42 Å². The van der Waals surface area contributed by atoms with E-state index in [1.807, 2.05) is 0 Å². The van der Waals surface area contributed by atoms with Gasteiger partial charge in [-0.25, -0.2) is 0 Å². The Kier molecular flexibility index (Phi) is 3.54. The molecule has 1 rings (SSSR count). The molecule has 0 aliphatic rings. The highest BCUT2D eigenvalue weighted by Crippen LogP contribution is 2.08. The quantitative estimate of drug-likeness (QED) is 0.299. The van der Waals surface area contributed by atoms with Crippen molar-refractivity contribution in [1.29, 1.82) is 0 Å². The van der Waals surface area contributed by atoms with Gasteiger partial charge in [0.15, 0.2) is 0 Å². The van der Waals surface area contributed by atoms with Crippen LogP contribution in [0.3, 0.4) is 0 Å². The molecule has 0 bridgehead atoms. The zero-order chi connectivity index (χ0) is 10.4. The van der Waals surface area contributed by atoms with E-state index >= 15 is 0 Å². The van der Waals surface area contributed by atoms with E-state index in [1.54, 1.807) is 0 Å². The highest BCUT2D eigenvalue weighted by atomic mass is 16.6. The Morgan fingerprint density at radius 2 is 2.36 bits per heavy atom. The van der Waals surface area contributed by atoms with Gasteiger partial charge in [-0.2, -0.15) is 0 Å². The van der Waals surface area contributed by atoms with Crippen LogP contribution in [-0.2, 0) is 16.0 Å². The molecule has 14 heavy (non-hydrogen) atoms. The van der Waals surface area contributed by atoms with Gasteiger partial charge in [0.25, 0.3) is 12.2 Å². The normalized spacial score (nSPS) is 9.43. The number of hydrogen-bond acceptors (Lipinski definition) is 5. The van der Waals surface area contributed by atoms with Gasteiger partial charge in [-0.1, -0.05) is 0 Å². The van der Waals surface area contributed by atoms with Crippen molar-refractivity contribution >= 4 is 12.2 Å². The lowest BCUT2D eigenvalue weighted by Gasteiger charge is -1.98. The third-order valence-corrected chi connectivity index (χ3v) is 1.56. The molecule has 1 aromatic heterocycles. The smallest absolute Gasteiger partial charge is 0.293 e. The van der Waals surface area contributed by atoms with E-state index in [0.717, 1.165) is 0 Å². The van der Waals surface area contributed by atoms with E-state index in [0.29, 0.717) is 18.6 Å². The average Bonchev–Trinajstić information content (AvgIpc) is 2.19. The highest BCUT2D eigenvalue weighted by Gasteiger charge is 2.04. The van der Waals surface area contributed by atoms with Gasteiger partial charge < -0.3 is 4.74 Å². The number of hydrogen-bond donors (Lipinski definition) is 0. The van der Waals surface area contributed by atoms with Gasteiger partial charge in [0.05, 0.1) is 11.5 Å². The zero-order valence-corrected chi connectivity index (χ0v) is 7.25. The molecule has 0 atom stereocenters. The van der Waals surface area contributed by atoms with Crippen LogP contribution < -0.4 is 0 Å². The topological polar surface area (TPSA) is 82.3 Å². The molecule has 0 amide bonds. The maximum atomic E-state index is 10.3. The van der Waals surface area contributed by atoms with Crippen LogP contribution in [0.15, 0.2) is 18.3 Å². The minimum absolute atomic E-state index is 0.0509. The third kappa shape index (κ3) is 2.81. The fourth-order valence-corrected chi connectivity index (χ4v) is 0.884. The summed E-state index contributed by atoms with van der Waals surface area (Å²) in [4.78, 5) is 23.4. The fourth-order valence-electron chi connectivity index (χ4n) is 0.884. The maximum Gasteiger partial charge on any atom is 0.293 e. The molecule has 0 radical (unpaired) electrons. The van der Waals surface area contributed by atoms with Crippen molar-refractivity contribution in [2.75, 3.05) is 6.61 Å². The Hall–Kier alpha value is -1.98. The lowest BCUT2D eigenvalue weighted by molar-refractivity contribution is -0.385. The van der Waals surface area contributed by atoms with Crippen LogP contribution >= 0.6 is 0 Å². The first-order chi connectivity index (χ1) is 6.74. The largest absolute Gasteiger partial charge is 0.467 e. The summed E-state index contributed by atoms with van der Waals surface area (Å²) in [5.41, 5.74) is 0.600. The van der Waals surface area contributed by atoms with E-state index in [2.05, 4.69) is 9.72 Å². The monoisotopic (exact) mass is 196 g/mol. The second kappa shape index (κ2) is 4.90. The predicted molar refractivity (Wildman–Crippen MR) is 46.6 cm³/mol. The van der Waals surface area contributed by atoms with Crippen molar-refractivity contribution in [3.63, 3.8) is 0 Å². The second-order valence-electron chi connectivity index (χ2n) is 2.48. The number of nitro groups is 1. The number of carbonyl (C=O) groups excluding carboxylic acids is 1. The summed E-state index contributed by atoms with van der Waals surface area (Å²) >= 11 is 0. The first kappa shape index (κ1) is 10.1. The molecule has 0 saturated carbocycles. The lowest BCUT2D eigenvalue weighted by Crippen LogP contribution is -1.99. The van der Waals surface area contributed by atoms with Gasteiger partial charge >= 0.3 is 0 Å². The van der Waals surface area contributed by atoms with Gasteiger partial charge in [-0.15, -0.1) is 0 Å². The molecular weight excluding hydrogens is 188 g/mol. The van der Waals surface area contributed by atoms with Crippen LogP contribution in [0.5, 0.6) is 0 Å².